The first-order valence-electron chi connectivity index (χ1n) is 5.94. The van der Waals surface area contributed by atoms with E-state index in [0.717, 1.165) is 6.07 Å². The van der Waals surface area contributed by atoms with Crippen molar-refractivity contribution in [3.8, 4) is 0 Å². The summed E-state index contributed by atoms with van der Waals surface area (Å²) in [4.78, 5) is 11.3. The summed E-state index contributed by atoms with van der Waals surface area (Å²) >= 11 is 0. The molecular weight excluding hydrogens is 285 g/mol. The predicted molar refractivity (Wildman–Crippen MR) is 74.3 cm³/mol. The maximum Gasteiger partial charge on any atom is 0.328 e. The van der Waals surface area contributed by atoms with Crippen LogP contribution in [0, 0.1) is 19.7 Å². The smallest absolute Gasteiger partial charge is 0.328 e. The summed E-state index contributed by atoms with van der Waals surface area (Å²) in [6.45, 7) is 6.21. The van der Waals surface area contributed by atoms with Gasteiger partial charge in [-0.2, -0.15) is 0 Å². The van der Waals surface area contributed by atoms with Gasteiger partial charge in [0, 0.05) is 6.04 Å². The van der Waals surface area contributed by atoms with E-state index in [1.807, 2.05) is 4.72 Å². The molecule has 20 heavy (non-hydrogen) atoms. The Balaban J connectivity index is 3.24. The number of sulfonamides is 1. The highest BCUT2D eigenvalue weighted by Crippen LogP contribution is 2.27. The molecule has 1 aromatic carbocycles. The van der Waals surface area contributed by atoms with Gasteiger partial charge < -0.3 is 11.1 Å². The van der Waals surface area contributed by atoms with Gasteiger partial charge in [0.15, 0.2) is 0 Å². The van der Waals surface area contributed by atoms with Crippen LogP contribution in [0.15, 0.2) is 11.0 Å². The summed E-state index contributed by atoms with van der Waals surface area (Å²) in [6, 6.07) is -0.0376. The van der Waals surface area contributed by atoms with E-state index in [4.69, 9.17) is 5.73 Å². The lowest BCUT2D eigenvalue weighted by Crippen LogP contribution is -2.42. The van der Waals surface area contributed by atoms with Crippen LogP contribution in [0.2, 0.25) is 0 Å². The third-order valence-corrected chi connectivity index (χ3v) is 4.24. The van der Waals surface area contributed by atoms with Crippen molar-refractivity contribution >= 4 is 21.7 Å². The molecule has 112 valence electrons. The Kier molecular flexibility index (Phi) is 4.59. The number of urea groups is 1. The SMILES string of the molecule is Cc1cc(F)c(N)c(C)c1S(=O)(=O)NC(=O)NC(C)C. The molecule has 1 rings (SSSR count). The Morgan fingerprint density at radius 3 is 2.40 bits per heavy atom. The van der Waals surface area contributed by atoms with Gasteiger partial charge in [0.25, 0.3) is 10.0 Å². The van der Waals surface area contributed by atoms with Crippen LogP contribution in [0.25, 0.3) is 0 Å². The van der Waals surface area contributed by atoms with Crippen molar-refractivity contribution in [1.82, 2.24) is 10.0 Å². The molecule has 1 aromatic rings. The fraction of sp³-hybridized carbons (Fsp3) is 0.417. The monoisotopic (exact) mass is 303 g/mol. The van der Waals surface area contributed by atoms with E-state index < -0.39 is 21.9 Å². The van der Waals surface area contributed by atoms with Gasteiger partial charge >= 0.3 is 6.03 Å². The molecule has 0 aliphatic heterocycles. The van der Waals surface area contributed by atoms with E-state index >= 15 is 0 Å². The number of hydrogen-bond donors (Lipinski definition) is 3. The van der Waals surface area contributed by atoms with Crippen molar-refractivity contribution in [2.75, 3.05) is 5.73 Å². The maximum absolute atomic E-state index is 13.4. The number of nitrogen functional groups attached to an aromatic ring is 1. The lowest BCUT2D eigenvalue weighted by atomic mass is 10.1. The number of nitrogens with two attached hydrogens (primary N) is 1. The molecule has 0 heterocycles. The summed E-state index contributed by atoms with van der Waals surface area (Å²) in [5.41, 5.74) is 5.50. The number of carbonyl (C=O) groups is 1. The molecule has 2 amide bonds. The average molecular weight is 303 g/mol. The van der Waals surface area contributed by atoms with E-state index in [0.29, 0.717) is 0 Å². The summed E-state index contributed by atoms with van der Waals surface area (Å²) in [7, 11) is -4.11. The second-order valence-electron chi connectivity index (χ2n) is 4.78. The first-order chi connectivity index (χ1) is 9.06. The van der Waals surface area contributed by atoms with Crippen molar-refractivity contribution < 1.29 is 17.6 Å². The van der Waals surface area contributed by atoms with Crippen LogP contribution in [-0.2, 0) is 10.0 Å². The Labute approximate surface area is 117 Å². The molecule has 4 N–H and O–H groups in total. The van der Waals surface area contributed by atoms with Crippen LogP contribution in [0.5, 0.6) is 0 Å². The number of nitrogens with one attached hydrogen (secondary N) is 2. The van der Waals surface area contributed by atoms with Gasteiger partial charge in [-0.25, -0.2) is 22.3 Å². The standard InChI is InChI=1S/C12H18FN3O3S/c1-6(2)15-12(17)16-20(18,19)11-7(3)5-9(13)10(14)8(11)4/h5-6H,14H2,1-4H3,(H2,15,16,17). The fourth-order valence-corrected chi connectivity index (χ4v) is 3.21. The molecule has 0 spiro atoms. The number of halogens is 1. The number of amides is 2. The number of rotatable bonds is 3. The second kappa shape index (κ2) is 5.66. The van der Waals surface area contributed by atoms with E-state index in [2.05, 4.69) is 5.32 Å². The van der Waals surface area contributed by atoms with Crippen molar-refractivity contribution in [1.29, 1.82) is 0 Å². The minimum Gasteiger partial charge on any atom is -0.396 e. The Hall–Kier alpha value is -1.83. The van der Waals surface area contributed by atoms with Gasteiger partial charge in [0.1, 0.15) is 5.82 Å². The molecule has 8 heteroatoms. The highest BCUT2D eigenvalue weighted by Gasteiger charge is 2.25. The quantitative estimate of drug-likeness (QED) is 0.735. The van der Waals surface area contributed by atoms with E-state index in [-0.39, 0.29) is 27.8 Å². The lowest BCUT2D eigenvalue weighted by Gasteiger charge is -2.15. The maximum atomic E-state index is 13.4. The number of carbonyl (C=O) groups excluding carboxylic acids is 1. The Morgan fingerprint density at radius 2 is 1.90 bits per heavy atom. The average Bonchev–Trinajstić information content (AvgIpc) is 2.23. The van der Waals surface area contributed by atoms with Gasteiger partial charge in [0.2, 0.25) is 0 Å². The van der Waals surface area contributed by atoms with E-state index in [1.165, 1.54) is 13.8 Å². The minimum absolute atomic E-state index is 0.0762. The molecule has 6 nitrogen and oxygen atoms in total. The largest absolute Gasteiger partial charge is 0.396 e. The van der Waals surface area contributed by atoms with Crippen LogP contribution in [-0.4, -0.2) is 20.5 Å². The molecule has 0 atom stereocenters. The molecule has 0 aliphatic carbocycles. The van der Waals surface area contributed by atoms with Gasteiger partial charge in [-0.3, -0.25) is 0 Å². The molecule has 0 saturated carbocycles. The molecule has 0 aromatic heterocycles. The van der Waals surface area contributed by atoms with Crippen LogP contribution < -0.4 is 15.8 Å². The first-order valence-corrected chi connectivity index (χ1v) is 7.43. The molecule has 0 unspecified atom stereocenters. The number of aryl methyl sites for hydroxylation is 1. The molecule has 0 radical (unpaired) electrons. The van der Waals surface area contributed by atoms with Gasteiger partial charge in [-0.15, -0.1) is 0 Å². The normalized spacial score (nSPS) is 11.5. The zero-order chi connectivity index (χ0) is 15.7. The van der Waals surface area contributed by atoms with Crippen molar-refractivity contribution in [2.45, 2.75) is 38.6 Å². The third kappa shape index (κ3) is 3.38. The van der Waals surface area contributed by atoms with Crippen molar-refractivity contribution in [2.24, 2.45) is 0 Å². The number of benzene rings is 1. The van der Waals surface area contributed by atoms with Crippen LogP contribution >= 0.6 is 0 Å². The topological polar surface area (TPSA) is 101 Å². The fourth-order valence-electron chi connectivity index (χ4n) is 1.81. The van der Waals surface area contributed by atoms with Crippen LogP contribution in [0.3, 0.4) is 0 Å². The number of anilines is 1. The Morgan fingerprint density at radius 1 is 1.35 bits per heavy atom. The predicted octanol–water partition coefficient (Wildman–Crippen LogP) is 1.42. The van der Waals surface area contributed by atoms with E-state index in [9.17, 15) is 17.6 Å². The van der Waals surface area contributed by atoms with Crippen LogP contribution in [0.4, 0.5) is 14.9 Å². The van der Waals surface area contributed by atoms with Crippen molar-refractivity contribution in [3.05, 3.63) is 23.0 Å². The van der Waals surface area contributed by atoms with Crippen molar-refractivity contribution in [3.63, 3.8) is 0 Å². The summed E-state index contributed by atoms with van der Waals surface area (Å²) in [5.74, 6) is -0.689. The second-order valence-corrected chi connectivity index (χ2v) is 6.40. The number of hydrogen-bond acceptors (Lipinski definition) is 4. The van der Waals surface area contributed by atoms with E-state index in [1.54, 1.807) is 13.8 Å². The lowest BCUT2D eigenvalue weighted by molar-refractivity contribution is 0.243. The molecule has 0 bridgehead atoms. The third-order valence-electron chi connectivity index (χ3n) is 2.62. The summed E-state index contributed by atoms with van der Waals surface area (Å²) in [6.07, 6.45) is 0. The zero-order valence-electron chi connectivity index (χ0n) is 11.7. The van der Waals surface area contributed by atoms with Gasteiger partial charge in [-0.05, 0) is 44.9 Å². The van der Waals surface area contributed by atoms with Gasteiger partial charge in [-0.1, -0.05) is 0 Å². The molecule has 0 fully saturated rings. The van der Waals surface area contributed by atoms with Crippen LogP contribution in [0.1, 0.15) is 25.0 Å². The summed E-state index contributed by atoms with van der Waals surface area (Å²) < 4.78 is 39.7. The Bertz CT molecular complexity index is 642. The molecular formula is C12H18FN3O3S. The van der Waals surface area contributed by atoms with Gasteiger partial charge in [0.05, 0.1) is 10.6 Å². The first kappa shape index (κ1) is 16.2. The molecule has 0 saturated heterocycles. The summed E-state index contributed by atoms with van der Waals surface area (Å²) in [5, 5.41) is 2.40. The highest BCUT2D eigenvalue weighted by molar-refractivity contribution is 7.90. The highest BCUT2D eigenvalue weighted by atomic mass is 32.2. The zero-order valence-corrected chi connectivity index (χ0v) is 12.6. The molecule has 0 aliphatic rings. The minimum atomic E-state index is -4.11.